The quantitative estimate of drug-likeness (QED) is 0.798. The molecule has 2 aromatic rings. The van der Waals surface area contributed by atoms with Crippen LogP contribution in [-0.4, -0.2) is 37.0 Å². The molecule has 0 aromatic heterocycles. The molecule has 0 bridgehead atoms. The molecule has 4 rings (SSSR count). The average Bonchev–Trinajstić information content (AvgIpc) is 2.79. The second kappa shape index (κ2) is 8.71. The summed E-state index contributed by atoms with van der Waals surface area (Å²) in [6, 6.07) is 14.1. The predicted molar refractivity (Wildman–Crippen MR) is 115 cm³/mol. The van der Waals surface area contributed by atoms with E-state index in [-0.39, 0.29) is 28.8 Å². The first-order valence-corrected chi connectivity index (χ1v) is 10.2. The van der Waals surface area contributed by atoms with Gasteiger partial charge in [0, 0.05) is 31.9 Å². The lowest BCUT2D eigenvalue weighted by Crippen LogP contribution is -2.50. The minimum atomic E-state index is -0.813. The van der Waals surface area contributed by atoms with E-state index < -0.39 is 11.7 Å². The van der Waals surface area contributed by atoms with Crippen LogP contribution in [0.4, 0.5) is 14.5 Å². The van der Waals surface area contributed by atoms with Gasteiger partial charge in [-0.15, -0.1) is 0 Å². The Morgan fingerprint density at radius 3 is 2.41 bits per heavy atom. The van der Waals surface area contributed by atoms with E-state index in [0.717, 1.165) is 5.69 Å². The molecule has 2 N–H and O–H groups in total. The van der Waals surface area contributed by atoms with Crippen molar-refractivity contribution in [1.82, 2.24) is 4.90 Å². The Balaban J connectivity index is 1.59. The van der Waals surface area contributed by atoms with Crippen LogP contribution in [0.5, 0.6) is 0 Å². The largest absolute Gasteiger partial charge is 0.445 e. The number of nitrogens with two attached hydrogens (primary N) is 1. The molecule has 0 spiro atoms. The van der Waals surface area contributed by atoms with E-state index in [1.165, 1.54) is 30.3 Å². The lowest BCUT2D eigenvalue weighted by molar-refractivity contribution is -0.128. The number of anilines is 1. The molecule has 0 aliphatic carbocycles. The fraction of sp³-hybridized carbons (Fsp3) is 0.250. The smallest absolute Gasteiger partial charge is 0.254 e. The molecule has 1 saturated heterocycles. The molecule has 2 aliphatic rings. The molecule has 0 saturated carbocycles. The number of ether oxygens (including phenoxy) is 1. The van der Waals surface area contributed by atoms with E-state index in [4.69, 9.17) is 10.5 Å². The predicted octanol–water partition coefficient (Wildman–Crippen LogP) is 3.40. The van der Waals surface area contributed by atoms with Crippen LogP contribution in [0.1, 0.15) is 18.4 Å². The topological polar surface area (TPSA) is 82.6 Å². The number of nitrogens with zero attached hydrogens (tertiary/aromatic N) is 3. The molecular formula is C24H22F2N4O2. The van der Waals surface area contributed by atoms with E-state index in [9.17, 15) is 18.8 Å². The third-order valence-electron chi connectivity index (χ3n) is 5.78. The van der Waals surface area contributed by atoms with Gasteiger partial charge >= 0.3 is 0 Å². The molecule has 1 amide bonds. The van der Waals surface area contributed by atoms with Crippen molar-refractivity contribution in [1.29, 1.82) is 5.26 Å². The highest BCUT2D eigenvalue weighted by atomic mass is 19.1. The number of nitriles is 1. The van der Waals surface area contributed by atoms with Crippen molar-refractivity contribution in [3.05, 3.63) is 88.5 Å². The summed E-state index contributed by atoms with van der Waals surface area (Å²) in [5, 5.41) is 9.70. The molecule has 8 heteroatoms. The van der Waals surface area contributed by atoms with Gasteiger partial charge in [-0.25, -0.2) is 8.78 Å². The number of carbonyl (C=O) groups excluding carboxylic acids is 1. The van der Waals surface area contributed by atoms with Crippen LogP contribution < -0.4 is 10.6 Å². The lowest BCUT2D eigenvalue weighted by atomic mass is 9.82. The highest BCUT2D eigenvalue weighted by molar-refractivity contribution is 5.97. The maximum absolute atomic E-state index is 14.0. The zero-order chi connectivity index (χ0) is 22.8. The number of piperazine rings is 1. The number of benzene rings is 2. The van der Waals surface area contributed by atoms with Gasteiger partial charge in [-0.1, -0.05) is 12.1 Å². The van der Waals surface area contributed by atoms with E-state index in [2.05, 4.69) is 4.90 Å². The van der Waals surface area contributed by atoms with Crippen LogP contribution in [-0.2, 0) is 9.53 Å². The van der Waals surface area contributed by atoms with Crippen molar-refractivity contribution in [3.8, 4) is 6.07 Å². The van der Waals surface area contributed by atoms with Gasteiger partial charge in [0.05, 0.1) is 11.5 Å². The molecule has 2 heterocycles. The van der Waals surface area contributed by atoms with Gasteiger partial charge in [0.2, 0.25) is 5.88 Å². The van der Waals surface area contributed by atoms with Gasteiger partial charge in [0.25, 0.3) is 5.91 Å². The summed E-state index contributed by atoms with van der Waals surface area (Å²) in [6.07, 6.45) is 0. The van der Waals surface area contributed by atoms with Gasteiger partial charge in [-0.2, -0.15) is 5.26 Å². The van der Waals surface area contributed by atoms with Gasteiger partial charge in [0.1, 0.15) is 29.0 Å². The van der Waals surface area contributed by atoms with E-state index in [1.807, 2.05) is 6.07 Å². The van der Waals surface area contributed by atoms with Gasteiger partial charge in [-0.05, 0) is 48.9 Å². The number of carbonyl (C=O) groups is 1. The zero-order valence-electron chi connectivity index (χ0n) is 17.5. The van der Waals surface area contributed by atoms with Crippen molar-refractivity contribution in [2.24, 2.45) is 5.73 Å². The first kappa shape index (κ1) is 21.4. The number of amides is 1. The van der Waals surface area contributed by atoms with Crippen LogP contribution in [0, 0.1) is 23.0 Å². The Bertz CT molecular complexity index is 1140. The van der Waals surface area contributed by atoms with E-state index in [1.54, 1.807) is 30.0 Å². The Kier molecular flexibility index (Phi) is 5.82. The second-order valence-electron chi connectivity index (χ2n) is 7.71. The maximum Gasteiger partial charge on any atom is 0.254 e. The van der Waals surface area contributed by atoms with Gasteiger partial charge in [0.15, 0.2) is 0 Å². The third-order valence-corrected chi connectivity index (χ3v) is 5.78. The average molecular weight is 436 g/mol. The summed E-state index contributed by atoms with van der Waals surface area (Å²) >= 11 is 0. The maximum atomic E-state index is 14.0. The molecule has 2 aromatic carbocycles. The van der Waals surface area contributed by atoms with Crippen molar-refractivity contribution in [2.45, 2.75) is 12.8 Å². The van der Waals surface area contributed by atoms with Crippen LogP contribution in [0.2, 0.25) is 0 Å². The summed E-state index contributed by atoms with van der Waals surface area (Å²) in [7, 11) is 0. The number of rotatable bonds is 3. The molecule has 1 atom stereocenters. The highest BCUT2D eigenvalue weighted by Gasteiger charge is 2.38. The Hall–Kier alpha value is -3.86. The fourth-order valence-corrected chi connectivity index (χ4v) is 4.17. The Morgan fingerprint density at radius 1 is 1.09 bits per heavy atom. The standard InChI is InChI=1S/C24H22F2N4O2/c1-15-21(22(20(14-27)23(28)32-15)16-3-2-4-18(26)13-16)24(31)30-11-9-29(10-12-30)19-7-5-17(25)6-8-19/h2-8,13,22H,9-12,28H2,1H3/t22-/m0/s1. The molecule has 164 valence electrons. The Labute approximate surface area is 184 Å². The summed E-state index contributed by atoms with van der Waals surface area (Å²) in [4.78, 5) is 17.3. The highest BCUT2D eigenvalue weighted by Crippen LogP contribution is 2.40. The van der Waals surface area contributed by atoms with Crippen LogP contribution >= 0.6 is 0 Å². The molecule has 32 heavy (non-hydrogen) atoms. The van der Waals surface area contributed by atoms with Crippen LogP contribution in [0.15, 0.2) is 71.3 Å². The van der Waals surface area contributed by atoms with Crippen molar-refractivity contribution >= 4 is 11.6 Å². The summed E-state index contributed by atoms with van der Waals surface area (Å²) in [5.74, 6) is -1.66. The second-order valence-corrected chi connectivity index (χ2v) is 7.71. The minimum Gasteiger partial charge on any atom is -0.445 e. The van der Waals surface area contributed by atoms with Crippen molar-refractivity contribution in [3.63, 3.8) is 0 Å². The lowest BCUT2D eigenvalue weighted by Gasteiger charge is -2.38. The van der Waals surface area contributed by atoms with E-state index in [0.29, 0.717) is 37.5 Å². The first-order chi connectivity index (χ1) is 15.4. The van der Waals surface area contributed by atoms with Crippen molar-refractivity contribution < 1.29 is 18.3 Å². The summed E-state index contributed by atoms with van der Waals surface area (Å²) in [5.41, 5.74) is 7.62. The van der Waals surface area contributed by atoms with Crippen LogP contribution in [0.25, 0.3) is 0 Å². The number of hydrogen-bond acceptors (Lipinski definition) is 5. The summed E-state index contributed by atoms with van der Waals surface area (Å²) in [6.45, 7) is 3.62. The number of allylic oxidation sites excluding steroid dienone is 2. The van der Waals surface area contributed by atoms with Crippen LogP contribution in [0.3, 0.4) is 0 Å². The minimum absolute atomic E-state index is 0.0782. The third kappa shape index (κ3) is 4.02. The monoisotopic (exact) mass is 436 g/mol. The number of halogens is 2. The summed E-state index contributed by atoms with van der Waals surface area (Å²) < 4.78 is 32.7. The van der Waals surface area contributed by atoms with E-state index >= 15 is 0 Å². The molecular weight excluding hydrogens is 414 g/mol. The molecule has 1 fully saturated rings. The first-order valence-electron chi connectivity index (χ1n) is 10.2. The molecule has 0 radical (unpaired) electrons. The fourth-order valence-electron chi connectivity index (χ4n) is 4.17. The zero-order valence-corrected chi connectivity index (χ0v) is 17.5. The molecule has 0 unspecified atom stereocenters. The Morgan fingerprint density at radius 2 is 1.78 bits per heavy atom. The normalized spacial score (nSPS) is 19.0. The van der Waals surface area contributed by atoms with Crippen molar-refractivity contribution in [2.75, 3.05) is 31.1 Å². The molecule has 2 aliphatic heterocycles. The van der Waals surface area contributed by atoms with Gasteiger partial charge < -0.3 is 20.3 Å². The SMILES string of the molecule is CC1=C(C(=O)N2CCN(c3ccc(F)cc3)CC2)[C@@H](c2cccc(F)c2)C(C#N)=C(N)O1. The number of hydrogen-bond donors (Lipinski definition) is 1. The van der Waals surface area contributed by atoms with Gasteiger partial charge in [-0.3, -0.25) is 4.79 Å². The molecule has 6 nitrogen and oxygen atoms in total.